The molecule has 1 atom stereocenters. The van der Waals surface area contributed by atoms with Gasteiger partial charge in [0.2, 0.25) is 0 Å². The van der Waals surface area contributed by atoms with Crippen LogP contribution in [0, 0.1) is 0 Å². The summed E-state index contributed by atoms with van der Waals surface area (Å²) in [4.78, 5) is 27.3. The maximum Gasteiger partial charge on any atom is 0.300 e. The van der Waals surface area contributed by atoms with E-state index >= 15 is 0 Å². The molecule has 0 aliphatic carbocycles. The SMILES string of the molecule is O=C1C(=O)N(c2ccc(Cl)cc2)C(c2cccc(O)c2)/C1=C(/O)c1ccc(Cl)c(Cl)c1. The fraction of sp³-hybridized carbons (Fsp3) is 0.0435. The van der Waals surface area contributed by atoms with E-state index in [1.165, 1.54) is 35.2 Å². The van der Waals surface area contributed by atoms with E-state index in [1.54, 1.807) is 36.4 Å². The number of benzene rings is 3. The largest absolute Gasteiger partial charge is 0.508 e. The average molecular weight is 475 g/mol. The number of carbonyl (C=O) groups is 2. The molecule has 0 radical (unpaired) electrons. The molecule has 1 aliphatic heterocycles. The van der Waals surface area contributed by atoms with Crippen molar-refractivity contribution in [2.45, 2.75) is 6.04 Å². The summed E-state index contributed by atoms with van der Waals surface area (Å²) < 4.78 is 0. The fourth-order valence-electron chi connectivity index (χ4n) is 3.51. The molecule has 5 nitrogen and oxygen atoms in total. The molecule has 156 valence electrons. The lowest BCUT2D eigenvalue weighted by atomic mass is 9.95. The normalized spacial score (nSPS) is 17.9. The van der Waals surface area contributed by atoms with E-state index in [-0.39, 0.29) is 26.9 Å². The van der Waals surface area contributed by atoms with Gasteiger partial charge in [-0.25, -0.2) is 0 Å². The summed E-state index contributed by atoms with van der Waals surface area (Å²) in [7, 11) is 0. The lowest BCUT2D eigenvalue weighted by Crippen LogP contribution is -2.29. The smallest absolute Gasteiger partial charge is 0.300 e. The number of phenols is 1. The number of anilines is 1. The second-order valence-corrected chi connectivity index (χ2v) is 8.12. The molecule has 8 heteroatoms. The molecular formula is C23H14Cl3NO4. The van der Waals surface area contributed by atoms with Crippen molar-refractivity contribution in [3.63, 3.8) is 0 Å². The first kappa shape index (κ1) is 21.2. The second kappa shape index (κ2) is 8.27. The number of amides is 1. The molecule has 1 unspecified atom stereocenters. The third-order valence-corrected chi connectivity index (χ3v) is 5.92. The van der Waals surface area contributed by atoms with Crippen molar-refractivity contribution < 1.29 is 19.8 Å². The van der Waals surface area contributed by atoms with E-state index in [2.05, 4.69) is 0 Å². The molecule has 1 fully saturated rings. The molecular weight excluding hydrogens is 461 g/mol. The number of phenolic OH excluding ortho intramolecular Hbond substituents is 1. The molecule has 31 heavy (non-hydrogen) atoms. The Balaban J connectivity index is 1.96. The van der Waals surface area contributed by atoms with Crippen molar-refractivity contribution in [2.24, 2.45) is 0 Å². The Morgan fingerprint density at radius 2 is 1.58 bits per heavy atom. The quantitative estimate of drug-likeness (QED) is 0.278. The maximum absolute atomic E-state index is 13.0. The molecule has 1 saturated heterocycles. The number of ketones is 1. The molecule has 1 heterocycles. The van der Waals surface area contributed by atoms with E-state index in [1.807, 2.05) is 0 Å². The monoisotopic (exact) mass is 473 g/mol. The lowest BCUT2D eigenvalue weighted by molar-refractivity contribution is -0.132. The van der Waals surface area contributed by atoms with Gasteiger partial charge < -0.3 is 10.2 Å². The third-order valence-electron chi connectivity index (χ3n) is 4.93. The van der Waals surface area contributed by atoms with Gasteiger partial charge in [-0.05, 0) is 60.2 Å². The Morgan fingerprint density at radius 1 is 0.871 bits per heavy atom. The van der Waals surface area contributed by atoms with Crippen molar-refractivity contribution >= 4 is 57.9 Å². The van der Waals surface area contributed by atoms with E-state index in [4.69, 9.17) is 34.8 Å². The number of hydrogen-bond acceptors (Lipinski definition) is 4. The number of aromatic hydroxyl groups is 1. The predicted octanol–water partition coefficient (Wildman–Crippen LogP) is 5.98. The minimum atomic E-state index is -0.984. The number of aliphatic hydroxyl groups excluding tert-OH is 1. The number of rotatable bonds is 3. The first-order valence-corrected chi connectivity index (χ1v) is 10.2. The highest BCUT2D eigenvalue weighted by Gasteiger charge is 2.47. The minimum absolute atomic E-state index is 0.0475. The van der Waals surface area contributed by atoms with Crippen LogP contribution in [0.15, 0.2) is 72.3 Å². The highest BCUT2D eigenvalue weighted by molar-refractivity contribution is 6.52. The first-order chi connectivity index (χ1) is 14.8. The molecule has 1 aliphatic rings. The van der Waals surface area contributed by atoms with E-state index < -0.39 is 23.5 Å². The van der Waals surface area contributed by atoms with Crippen molar-refractivity contribution in [1.82, 2.24) is 0 Å². The van der Waals surface area contributed by atoms with Gasteiger partial charge in [-0.2, -0.15) is 0 Å². The van der Waals surface area contributed by atoms with Crippen molar-refractivity contribution in [3.05, 3.63) is 98.5 Å². The van der Waals surface area contributed by atoms with Crippen LogP contribution < -0.4 is 4.90 Å². The Hall–Kier alpha value is -2.99. The van der Waals surface area contributed by atoms with Crippen LogP contribution in [0.5, 0.6) is 5.75 Å². The van der Waals surface area contributed by atoms with Crippen molar-refractivity contribution in [1.29, 1.82) is 0 Å². The van der Waals surface area contributed by atoms with Gasteiger partial charge in [-0.1, -0.05) is 46.9 Å². The predicted molar refractivity (Wildman–Crippen MR) is 121 cm³/mol. The summed E-state index contributed by atoms with van der Waals surface area (Å²) in [5, 5.41) is 22.0. The summed E-state index contributed by atoms with van der Waals surface area (Å²) in [6.45, 7) is 0. The Kier molecular flexibility index (Phi) is 5.67. The fourth-order valence-corrected chi connectivity index (χ4v) is 3.93. The number of aliphatic hydroxyl groups is 1. The summed E-state index contributed by atoms with van der Waals surface area (Å²) >= 11 is 18.0. The van der Waals surface area contributed by atoms with Crippen molar-refractivity contribution in [2.75, 3.05) is 4.90 Å². The number of halogens is 3. The van der Waals surface area contributed by atoms with Crippen LogP contribution in [0.25, 0.3) is 5.76 Å². The van der Waals surface area contributed by atoms with E-state index in [0.717, 1.165) is 0 Å². The standard InChI is InChI=1S/C23H14Cl3NO4/c24-14-5-7-15(8-6-14)27-20(12-2-1-3-16(28)10-12)19(22(30)23(27)31)21(29)13-4-9-17(25)18(26)11-13/h1-11,20,28-29H/b21-19-. The van der Waals surface area contributed by atoms with Crippen LogP contribution in [-0.2, 0) is 9.59 Å². The Labute approximate surface area is 192 Å². The van der Waals surface area contributed by atoms with Gasteiger partial charge in [0.15, 0.2) is 0 Å². The van der Waals surface area contributed by atoms with Gasteiger partial charge >= 0.3 is 0 Å². The molecule has 4 rings (SSSR count). The maximum atomic E-state index is 13.0. The van der Waals surface area contributed by atoms with Crippen molar-refractivity contribution in [3.8, 4) is 5.75 Å². The van der Waals surface area contributed by atoms with E-state index in [0.29, 0.717) is 16.3 Å². The van der Waals surface area contributed by atoms with Gasteiger partial charge in [-0.3, -0.25) is 14.5 Å². The number of nitrogens with zero attached hydrogens (tertiary/aromatic N) is 1. The van der Waals surface area contributed by atoms with Crippen LogP contribution >= 0.6 is 34.8 Å². The molecule has 1 amide bonds. The summed E-state index contributed by atoms with van der Waals surface area (Å²) in [5.74, 6) is -2.14. The summed E-state index contributed by atoms with van der Waals surface area (Å²) in [6.07, 6.45) is 0. The highest BCUT2D eigenvalue weighted by atomic mass is 35.5. The molecule has 0 bridgehead atoms. The zero-order valence-electron chi connectivity index (χ0n) is 15.7. The summed E-state index contributed by atoms with van der Waals surface area (Å²) in [6, 6.07) is 15.9. The van der Waals surface area contributed by atoms with E-state index in [9.17, 15) is 19.8 Å². The first-order valence-electron chi connectivity index (χ1n) is 9.09. The van der Waals surface area contributed by atoms with Gasteiger partial charge in [-0.15, -0.1) is 0 Å². The molecule has 0 spiro atoms. The van der Waals surface area contributed by atoms with Crippen LogP contribution in [0.4, 0.5) is 5.69 Å². The number of Topliss-reactive ketones (excluding diaryl/α,β-unsaturated/α-hetero) is 1. The van der Waals surface area contributed by atoms with Gasteiger partial charge in [0.1, 0.15) is 11.5 Å². The topological polar surface area (TPSA) is 77.8 Å². The van der Waals surface area contributed by atoms with Crippen LogP contribution in [0.1, 0.15) is 17.2 Å². The van der Waals surface area contributed by atoms with Crippen LogP contribution in [-0.4, -0.2) is 21.9 Å². The lowest BCUT2D eigenvalue weighted by Gasteiger charge is -2.25. The Morgan fingerprint density at radius 3 is 2.23 bits per heavy atom. The minimum Gasteiger partial charge on any atom is -0.508 e. The molecule has 0 aromatic heterocycles. The highest BCUT2D eigenvalue weighted by Crippen LogP contribution is 2.43. The van der Waals surface area contributed by atoms with Gasteiger partial charge in [0.25, 0.3) is 11.7 Å². The molecule has 0 saturated carbocycles. The Bertz CT molecular complexity index is 1240. The van der Waals surface area contributed by atoms with Crippen LogP contribution in [0.3, 0.4) is 0 Å². The molecule has 3 aromatic rings. The zero-order chi connectivity index (χ0) is 22.3. The molecule has 2 N–H and O–H groups in total. The molecule has 3 aromatic carbocycles. The number of hydrogen-bond donors (Lipinski definition) is 2. The van der Waals surface area contributed by atoms with Gasteiger partial charge in [0.05, 0.1) is 21.7 Å². The third kappa shape index (κ3) is 3.88. The van der Waals surface area contributed by atoms with Gasteiger partial charge in [0, 0.05) is 16.3 Å². The second-order valence-electron chi connectivity index (χ2n) is 6.87. The average Bonchev–Trinajstić information content (AvgIpc) is 3.01. The number of carbonyl (C=O) groups excluding carboxylic acids is 2. The van der Waals surface area contributed by atoms with Crippen LogP contribution in [0.2, 0.25) is 15.1 Å². The zero-order valence-corrected chi connectivity index (χ0v) is 18.0. The summed E-state index contributed by atoms with van der Waals surface area (Å²) in [5.41, 5.74) is 0.946.